The van der Waals surface area contributed by atoms with Crippen LogP contribution in [0.3, 0.4) is 0 Å². The summed E-state index contributed by atoms with van der Waals surface area (Å²) in [5.41, 5.74) is 5.97. The van der Waals surface area contributed by atoms with Crippen LogP contribution in [0.4, 0.5) is 11.5 Å². The van der Waals surface area contributed by atoms with E-state index in [9.17, 15) is 8.42 Å². The van der Waals surface area contributed by atoms with E-state index >= 15 is 0 Å². The Morgan fingerprint density at radius 2 is 2.18 bits per heavy atom. The van der Waals surface area contributed by atoms with Gasteiger partial charge in [0.2, 0.25) is 15.9 Å². The molecule has 1 aromatic rings. The second kappa shape index (κ2) is 5.64. The van der Waals surface area contributed by atoms with Crippen molar-refractivity contribution in [1.82, 2.24) is 9.97 Å². The van der Waals surface area contributed by atoms with E-state index in [-0.39, 0.29) is 23.9 Å². The van der Waals surface area contributed by atoms with E-state index in [1.807, 2.05) is 0 Å². The number of sulfonamides is 1. The van der Waals surface area contributed by atoms with Crippen LogP contribution in [0.5, 0.6) is 5.88 Å². The highest BCUT2D eigenvalue weighted by molar-refractivity contribution is 7.89. The lowest BCUT2D eigenvalue weighted by Crippen LogP contribution is -2.23. The zero-order chi connectivity index (χ0) is 12.9. The molecule has 0 aliphatic heterocycles. The van der Waals surface area contributed by atoms with Crippen LogP contribution in [0.2, 0.25) is 0 Å². The number of anilines is 2. The summed E-state index contributed by atoms with van der Waals surface area (Å²) in [7, 11) is -3.51. The molecule has 0 radical (unpaired) electrons. The van der Waals surface area contributed by atoms with Crippen LogP contribution in [0, 0.1) is 0 Å². The van der Waals surface area contributed by atoms with Gasteiger partial charge < -0.3 is 15.8 Å². The van der Waals surface area contributed by atoms with Gasteiger partial charge in [0.25, 0.3) is 0 Å². The normalized spacial score (nSPS) is 11.2. The van der Waals surface area contributed by atoms with Crippen molar-refractivity contribution in [2.75, 3.05) is 30.0 Å². The first-order chi connectivity index (χ1) is 7.94. The maximum absolute atomic E-state index is 10.7. The van der Waals surface area contributed by atoms with Crippen molar-refractivity contribution in [3.05, 3.63) is 6.33 Å². The molecule has 0 aliphatic rings. The van der Waals surface area contributed by atoms with Crippen LogP contribution < -0.4 is 20.9 Å². The summed E-state index contributed by atoms with van der Waals surface area (Å²) in [6.45, 7) is 2.35. The van der Waals surface area contributed by atoms with Gasteiger partial charge in [0.15, 0.2) is 5.82 Å². The largest absolute Gasteiger partial charge is 0.476 e. The lowest BCUT2D eigenvalue weighted by atomic mass is 10.4. The van der Waals surface area contributed by atoms with Crippen LogP contribution in [-0.4, -0.2) is 37.3 Å². The SMILES string of the molecule is CCOc1ncnc(NCCS(N)(=O)=O)c1N. The molecule has 17 heavy (non-hydrogen) atoms. The highest BCUT2D eigenvalue weighted by Gasteiger charge is 2.09. The monoisotopic (exact) mass is 261 g/mol. The number of primary sulfonamides is 1. The fourth-order valence-corrected chi connectivity index (χ4v) is 1.47. The van der Waals surface area contributed by atoms with E-state index in [1.54, 1.807) is 6.92 Å². The molecule has 0 spiro atoms. The number of nitrogens with zero attached hydrogens (tertiary/aromatic N) is 2. The topological polar surface area (TPSA) is 133 Å². The number of aromatic nitrogens is 2. The molecule has 0 bridgehead atoms. The molecule has 9 heteroatoms. The zero-order valence-corrected chi connectivity index (χ0v) is 10.2. The molecular weight excluding hydrogens is 246 g/mol. The summed E-state index contributed by atoms with van der Waals surface area (Å²) in [4.78, 5) is 7.72. The average molecular weight is 261 g/mol. The molecule has 1 rings (SSSR count). The summed E-state index contributed by atoms with van der Waals surface area (Å²) in [6.07, 6.45) is 1.28. The molecule has 1 aromatic heterocycles. The van der Waals surface area contributed by atoms with Gasteiger partial charge in [-0.25, -0.2) is 18.5 Å². The van der Waals surface area contributed by atoms with Crippen molar-refractivity contribution >= 4 is 21.5 Å². The summed E-state index contributed by atoms with van der Waals surface area (Å²) in [6, 6.07) is 0. The van der Waals surface area contributed by atoms with Gasteiger partial charge in [0.1, 0.15) is 12.0 Å². The third-order valence-corrected chi connectivity index (χ3v) is 2.58. The van der Waals surface area contributed by atoms with Crippen molar-refractivity contribution in [3.63, 3.8) is 0 Å². The molecule has 8 nitrogen and oxygen atoms in total. The minimum absolute atomic E-state index is 0.117. The van der Waals surface area contributed by atoms with Crippen molar-refractivity contribution in [2.24, 2.45) is 5.14 Å². The predicted octanol–water partition coefficient (Wildman–Crippen LogP) is -0.842. The van der Waals surface area contributed by atoms with Gasteiger partial charge in [0.05, 0.1) is 12.4 Å². The van der Waals surface area contributed by atoms with Crippen LogP contribution in [0.15, 0.2) is 6.33 Å². The van der Waals surface area contributed by atoms with E-state index < -0.39 is 10.0 Å². The third kappa shape index (κ3) is 4.41. The molecule has 0 aromatic carbocycles. The molecule has 0 fully saturated rings. The first-order valence-electron chi connectivity index (χ1n) is 4.91. The Balaban J connectivity index is 2.68. The highest BCUT2D eigenvalue weighted by Crippen LogP contribution is 2.23. The fourth-order valence-electron chi connectivity index (χ4n) is 1.08. The second-order valence-electron chi connectivity index (χ2n) is 3.17. The van der Waals surface area contributed by atoms with Crippen molar-refractivity contribution < 1.29 is 13.2 Å². The maximum atomic E-state index is 10.7. The molecule has 96 valence electrons. The Morgan fingerprint density at radius 1 is 1.47 bits per heavy atom. The second-order valence-corrected chi connectivity index (χ2v) is 4.90. The van der Waals surface area contributed by atoms with E-state index in [0.717, 1.165) is 0 Å². The van der Waals surface area contributed by atoms with Gasteiger partial charge in [-0.3, -0.25) is 0 Å². The van der Waals surface area contributed by atoms with Crippen molar-refractivity contribution in [2.45, 2.75) is 6.92 Å². The molecule has 0 unspecified atom stereocenters. The molecule has 1 heterocycles. The Bertz CT molecular complexity index is 476. The molecule has 0 saturated carbocycles. The van der Waals surface area contributed by atoms with Gasteiger partial charge in [0, 0.05) is 6.54 Å². The Labute approximate surface area is 99.4 Å². The standard InChI is InChI=1S/C8H15N5O3S/c1-2-16-8-6(9)7(12-5-13-8)11-3-4-17(10,14)15/h5H,2-4,9H2,1H3,(H2,10,14,15)(H,11,12,13). The Kier molecular flexibility index (Phi) is 4.46. The molecule has 0 atom stereocenters. The van der Waals surface area contributed by atoms with Gasteiger partial charge >= 0.3 is 0 Å². The van der Waals surface area contributed by atoms with E-state index in [1.165, 1.54) is 6.33 Å². The smallest absolute Gasteiger partial charge is 0.242 e. The highest BCUT2D eigenvalue weighted by atomic mass is 32.2. The summed E-state index contributed by atoms with van der Waals surface area (Å²) in [5, 5.41) is 7.61. The lowest BCUT2D eigenvalue weighted by Gasteiger charge is -2.10. The number of hydrogen-bond acceptors (Lipinski definition) is 7. The van der Waals surface area contributed by atoms with Gasteiger partial charge in [-0.2, -0.15) is 4.98 Å². The maximum Gasteiger partial charge on any atom is 0.242 e. The van der Waals surface area contributed by atoms with Crippen LogP contribution >= 0.6 is 0 Å². The minimum atomic E-state index is -3.51. The lowest BCUT2D eigenvalue weighted by molar-refractivity contribution is 0.328. The number of rotatable bonds is 6. The number of hydrogen-bond donors (Lipinski definition) is 3. The summed E-state index contributed by atoms with van der Waals surface area (Å²) < 4.78 is 26.6. The fraction of sp³-hybridized carbons (Fsp3) is 0.500. The molecule has 0 aliphatic carbocycles. The van der Waals surface area contributed by atoms with Gasteiger partial charge in [-0.1, -0.05) is 0 Å². The third-order valence-electron chi connectivity index (χ3n) is 1.81. The Morgan fingerprint density at radius 3 is 2.76 bits per heavy atom. The Hall–Kier alpha value is -1.61. The molecular formula is C8H15N5O3S. The number of nitrogens with one attached hydrogen (secondary N) is 1. The van der Waals surface area contributed by atoms with E-state index in [4.69, 9.17) is 15.6 Å². The van der Waals surface area contributed by atoms with Gasteiger partial charge in [-0.15, -0.1) is 0 Å². The zero-order valence-electron chi connectivity index (χ0n) is 9.38. The molecule has 5 N–H and O–H groups in total. The number of ether oxygens (including phenoxy) is 1. The van der Waals surface area contributed by atoms with Crippen LogP contribution in [0.25, 0.3) is 0 Å². The van der Waals surface area contributed by atoms with Crippen LogP contribution in [0.1, 0.15) is 6.92 Å². The minimum Gasteiger partial charge on any atom is -0.476 e. The van der Waals surface area contributed by atoms with Gasteiger partial charge in [-0.05, 0) is 6.92 Å². The molecule has 0 saturated heterocycles. The predicted molar refractivity (Wildman–Crippen MR) is 64.1 cm³/mol. The summed E-state index contributed by atoms with van der Waals surface area (Å²) >= 11 is 0. The quantitative estimate of drug-likeness (QED) is 0.607. The first-order valence-corrected chi connectivity index (χ1v) is 6.63. The van der Waals surface area contributed by atoms with Crippen LogP contribution in [-0.2, 0) is 10.0 Å². The van der Waals surface area contributed by atoms with Crippen molar-refractivity contribution in [1.29, 1.82) is 0 Å². The molecule has 0 amide bonds. The van der Waals surface area contributed by atoms with E-state index in [2.05, 4.69) is 15.3 Å². The number of nitrogen functional groups attached to an aromatic ring is 1. The first kappa shape index (κ1) is 13.5. The number of nitrogens with two attached hydrogens (primary N) is 2. The average Bonchev–Trinajstić information content (AvgIpc) is 2.22. The van der Waals surface area contributed by atoms with Crippen molar-refractivity contribution in [3.8, 4) is 5.88 Å². The van der Waals surface area contributed by atoms with E-state index in [0.29, 0.717) is 12.4 Å². The summed E-state index contributed by atoms with van der Waals surface area (Å²) in [5.74, 6) is 0.383.